The number of aromatic nitrogens is 1. The lowest BCUT2D eigenvalue weighted by Crippen LogP contribution is -2.41. The van der Waals surface area contributed by atoms with Crippen molar-refractivity contribution in [2.75, 3.05) is 25.4 Å². The predicted molar refractivity (Wildman–Crippen MR) is 80.7 cm³/mol. The molecule has 22 heavy (non-hydrogen) atoms. The molecule has 3 saturated heterocycles. The van der Waals surface area contributed by atoms with Gasteiger partial charge in [0.25, 0.3) is 11.9 Å². The molecule has 3 fully saturated rings. The van der Waals surface area contributed by atoms with Gasteiger partial charge in [-0.3, -0.25) is 4.79 Å². The van der Waals surface area contributed by atoms with Crippen molar-refractivity contribution in [3.63, 3.8) is 0 Å². The molecule has 6 nitrogen and oxygen atoms in total. The Morgan fingerprint density at radius 3 is 2.36 bits per heavy atom. The normalized spacial score (nSPS) is 23.1. The van der Waals surface area contributed by atoms with Gasteiger partial charge in [0.2, 0.25) is 0 Å². The van der Waals surface area contributed by atoms with Crippen molar-refractivity contribution in [1.82, 2.24) is 9.88 Å². The number of nitrogen functional groups attached to an aromatic ring is 1. The maximum Gasteiger partial charge on any atom is 0.293 e. The second-order valence-corrected chi connectivity index (χ2v) is 5.76. The zero-order valence-corrected chi connectivity index (χ0v) is 12.2. The Morgan fingerprint density at radius 2 is 1.91 bits per heavy atom. The first kappa shape index (κ1) is 14.8. The molecule has 2 bridgehead atoms. The predicted octanol–water partition coefficient (Wildman–Crippen LogP) is 1.75. The molecule has 4 N–H and O–H groups in total. The van der Waals surface area contributed by atoms with Gasteiger partial charge < -0.3 is 20.8 Å². The number of hydrogen-bond donors (Lipinski definition) is 2. The third-order valence-electron chi connectivity index (χ3n) is 4.33. The van der Waals surface area contributed by atoms with Crippen LogP contribution in [0.25, 0.3) is 11.1 Å². The van der Waals surface area contributed by atoms with Crippen LogP contribution >= 0.6 is 0 Å². The number of rotatable bonds is 1. The topological polar surface area (TPSA) is 98.4 Å². The summed E-state index contributed by atoms with van der Waals surface area (Å²) in [6.07, 6.45) is 4.46. The van der Waals surface area contributed by atoms with Gasteiger partial charge in [-0.2, -0.15) is 4.98 Å². The lowest BCUT2D eigenvalue weighted by atomic mass is 9.89. The fourth-order valence-corrected chi connectivity index (χ4v) is 3.08. The number of oxazole rings is 1. The molecule has 3 aliphatic rings. The summed E-state index contributed by atoms with van der Waals surface area (Å²) in [5.41, 5.74) is 10.2. The molecule has 0 unspecified atom stereocenters. The summed E-state index contributed by atoms with van der Waals surface area (Å²) < 4.78 is 18.1. The molecular formula is C15H19FN4O2. The van der Waals surface area contributed by atoms with Crippen molar-refractivity contribution >= 4 is 23.0 Å². The van der Waals surface area contributed by atoms with E-state index in [1.165, 1.54) is 45.0 Å². The Morgan fingerprint density at radius 1 is 1.27 bits per heavy atom. The SMILES string of the molecule is C1CN2CCC1CC2.NC(=O)c1c(F)ccc2oc(N)nc12. The van der Waals surface area contributed by atoms with Crippen LogP contribution in [0.2, 0.25) is 0 Å². The van der Waals surface area contributed by atoms with Gasteiger partial charge in [-0.25, -0.2) is 4.39 Å². The largest absolute Gasteiger partial charge is 0.424 e. The zero-order valence-electron chi connectivity index (χ0n) is 12.2. The molecule has 7 heteroatoms. The number of primary amides is 1. The molecule has 1 aromatic heterocycles. The van der Waals surface area contributed by atoms with Crippen molar-refractivity contribution in [3.05, 3.63) is 23.5 Å². The van der Waals surface area contributed by atoms with E-state index >= 15 is 0 Å². The first-order valence-electron chi connectivity index (χ1n) is 7.41. The molecule has 0 spiro atoms. The van der Waals surface area contributed by atoms with Crippen molar-refractivity contribution in [2.24, 2.45) is 11.7 Å². The molecular weight excluding hydrogens is 287 g/mol. The van der Waals surface area contributed by atoms with Crippen LogP contribution in [0.15, 0.2) is 16.5 Å². The highest BCUT2D eigenvalue weighted by molar-refractivity contribution is 6.04. The summed E-state index contributed by atoms with van der Waals surface area (Å²) >= 11 is 0. The van der Waals surface area contributed by atoms with E-state index in [0.717, 1.165) is 12.0 Å². The van der Waals surface area contributed by atoms with Gasteiger partial charge in [0.05, 0.1) is 0 Å². The Labute approximate surface area is 127 Å². The molecule has 1 aromatic carbocycles. The molecule has 1 amide bonds. The Balaban J connectivity index is 0.000000151. The first-order valence-corrected chi connectivity index (χ1v) is 7.41. The van der Waals surface area contributed by atoms with E-state index in [2.05, 4.69) is 9.88 Å². The van der Waals surface area contributed by atoms with Crippen LogP contribution in [0.5, 0.6) is 0 Å². The minimum Gasteiger partial charge on any atom is -0.424 e. The number of hydrogen-bond acceptors (Lipinski definition) is 5. The van der Waals surface area contributed by atoms with Gasteiger partial charge >= 0.3 is 0 Å². The minimum atomic E-state index is -0.901. The number of amides is 1. The number of carbonyl (C=O) groups is 1. The third kappa shape index (κ3) is 2.89. The maximum absolute atomic E-state index is 13.2. The van der Waals surface area contributed by atoms with Crippen LogP contribution in [0.1, 0.15) is 29.6 Å². The number of carbonyl (C=O) groups excluding carboxylic acids is 1. The van der Waals surface area contributed by atoms with Gasteiger partial charge in [-0.15, -0.1) is 0 Å². The number of anilines is 1. The smallest absolute Gasteiger partial charge is 0.293 e. The monoisotopic (exact) mass is 306 g/mol. The maximum atomic E-state index is 13.2. The zero-order chi connectivity index (χ0) is 15.7. The van der Waals surface area contributed by atoms with E-state index in [0.29, 0.717) is 0 Å². The highest BCUT2D eigenvalue weighted by Gasteiger charge is 2.24. The quantitative estimate of drug-likeness (QED) is 0.836. The molecule has 4 heterocycles. The standard InChI is InChI=1S/C8H6FN3O2.C7H13N/c9-3-1-2-4-6(5(3)7(10)13)12-8(11)14-4;1-4-8-5-2-7(1)3-6-8/h1-2H,(H2,10,13)(H2,11,12);7H,1-6H2. The van der Waals surface area contributed by atoms with Gasteiger partial charge in [-0.1, -0.05) is 0 Å². The van der Waals surface area contributed by atoms with E-state index in [-0.39, 0.29) is 22.7 Å². The summed E-state index contributed by atoms with van der Waals surface area (Å²) in [6.45, 7) is 4.18. The fraction of sp³-hybridized carbons (Fsp3) is 0.467. The average Bonchev–Trinajstić information content (AvgIpc) is 2.89. The van der Waals surface area contributed by atoms with E-state index in [9.17, 15) is 9.18 Å². The van der Waals surface area contributed by atoms with E-state index in [4.69, 9.17) is 15.9 Å². The lowest BCUT2D eigenvalue weighted by molar-refractivity contribution is 0.0998. The number of fused-ring (bicyclic) bond motifs is 4. The van der Waals surface area contributed by atoms with Gasteiger partial charge in [-0.05, 0) is 56.9 Å². The number of halogens is 1. The highest BCUT2D eigenvalue weighted by atomic mass is 19.1. The summed E-state index contributed by atoms with van der Waals surface area (Å²) in [4.78, 5) is 17.2. The van der Waals surface area contributed by atoms with Gasteiger partial charge in [0.1, 0.15) is 16.9 Å². The average molecular weight is 306 g/mol. The summed E-state index contributed by atoms with van der Waals surface area (Å²) in [7, 11) is 0. The molecule has 0 radical (unpaired) electrons. The van der Waals surface area contributed by atoms with Crippen molar-refractivity contribution in [2.45, 2.75) is 19.3 Å². The fourth-order valence-electron chi connectivity index (χ4n) is 3.08. The molecule has 5 rings (SSSR count). The van der Waals surface area contributed by atoms with Crippen molar-refractivity contribution < 1.29 is 13.6 Å². The molecule has 118 valence electrons. The second-order valence-electron chi connectivity index (χ2n) is 5.76. The number of nitrogens with zero attached hydrogens (tertiary/aromatic N) is 2. The van der Waals surface area contributed by atoms with Gasteiger partial charge in [0.15, 0.2) is 5.58 Å². The van der Waals surface area contributed by atoms with Crippen LogP contribution in [0, 0.1) is 11.7 Å². The summed E-state index contributed by atoms with van der Waals surface area (Å²) in [6, 6.07) is 2.28. The van der Waals surface area contributed by atoms with Crippen LogP contribution in [0.4, 0.5) is 10.4 Å². The molecule has 0 aliphatic carbocycles. The van der Waals surface area contributed by atoms with E-state index < -0.39 is 11.7 Å². The van der Waals surface area contributed by atoms with Crippen molar-refractivity contribution in [1.29, 1.82) is 0 Å². The Hall–Kier alpha value is -2.15. The van der Waals surface area contributed by atoms with Crippen LogP contribution < -0.4 is 11.5 Å². The summed E-state index contributed by atoms with van der Waals surface area (Å²) in [5.74, 6) is -0.528. The molecule has 3 aliphatic heterocycles. The summed E-state index contributed by atoms with van der Waals surface area (Å²) in [5, 5.41) is 0. The minimum absolute atomic E-state index is 0.0509. The molecule has 0 saturated carbocycles. The van der Waals surface area contributed by atoms with Crippen molar-refractivity contribution in [3.8, 4) is 0 Å². The molecule has 2 aromatic rings. The van der Waals surface area contributed by atoms with E-state index in [1.807, 2.05) is 0 Å². The van der Waals surface area contributed by atoms with Gasteiger partial charge in [0, 0.05) is 0 Å². The first-order chi connectivity index (χ1) is 10.5. The highest BCUT2D eigenvalue weighted by Crippen LogP contribution is 2.26. The number of nitrogens with two attached hydrogens (primary N) is 2. The number of piperidine rings is 3. The number of benzene rings is 1. The van der Waals surface area contributed by atoms with Crippen LogP contribution in [-0.2, 0) is 0 Å². The lowest BCUT2D eigenvalue weighted by Gasteiger charge is -2.38. The third-order valence-corrected chi connectivity index (χ3v) is 4.33. The van der Waals surface area contributed by atoms with Crippen LogP contribution in [0.3, 0.4) is 0 Å². The Bertz CT molecular complexity index is 669. The Kier molecular flexibility index (Phi) is 3.98. The van der Waals surface area contributed by atoms with E-state index in [1.54, 1.807) is 0 Å². The van der Waals surface area contributed by atoms with Crippen LogP contribution in [-0.4, -0.2) is 35.4 Å². The molecule has 0 atom stereocenters. The second kappa shape index (κ2) is 5.92.